The Bertz CT molecular complexity index is 1720. The van der Waals surface area contributed by atoms with Gasteiger partial charge in [0.2, 0.25) is 5.79 Å². The van der Waals surface area contributed by atoms with Crippen molar-refractivity contribution < 1.29 is 53.5 Å². The van der Waals surface area contributed by atoms with Crippen LogP contribution in [0.2, 0.25) is 0 Å². The number of aliphatic hydroxyl groups excluding tert-OH is 2. The minimum Gasteiger partial charge on any atom is -0.460 e. The highest BCUT2D eigenvalue weighted by molar-refractivity contribution is 6.39. The van der Waals surface area contributed by atoms with Crippen LogP contribution in [0.4, 0.5) is 0 Å². The quantitative estimate of drug-likeness (QED) is 0.146. The number of aliphatic hydroxyl groups is 3. The number of Topliss-reactive ketones (excluding diaryl/α,β-unsaturated/α-hetero) is 3. The second-order valence-corrected chi connectivity index (χ2v) is 19.9. The van der Waals surface area contributed by atoms with Gasteiger partial charge < -0.3 is 34.4 Å². The predicted molar refractivity (Wildman–Crippen MR) is 242 cm³/mol. The molecule has 4 rings (SSSR count). The van der Waals surface area contributed by atoms with Crippen molar-refractivity contribution in [2.24, 2.45) is 47.3 Å². The lowest BCUT2D eigenvalue weighted by Gasteiger charge is -2.42. The Hall–Kier alpha value is -3.29. The Morgan fingerprint density at radius 2 is 1.59 bits per heavy atom. The number of carbonyl (C=O) groups is 5. The van der Waals surface area contributed by atoms with Gasteiger partial charge in [0.05, 0.1) is 24.4 Å². The normalized spacial score (nSPS) is 41.3. The van der Waals surface area contributed by atoms with Gasteiger partial charge in [-0.05, 0) is 113 Å². The minimum absolute atomic E-state index is 0.0599. The molecule has 2 saturated heterocycles. The van der Waals surface area contributed by atoms with Gasteiger partial charge in [-0.2, -0.15) is 0 Å². The molecule has 0 aromatic rings. The topological polar surface area (TPSA) is 177 Å². The minimum atomic E-state index is -2.41. The Balaban J connectivity index is 1.68. The fourth-order valence-corrected chi connectivity index (χ4v) is 10.2. The van der Waals surface area contributed by atoms with E-state index in [1.165, 1.54) is 4.90 Å². The van der Waals surface area contributed by atoms with E-state index in [2.05, 4.69) is 0 Å². The number of methoxy groups -OCH3 is 1. The number of piperidine rings is 1. The summed E-state index contributed by atoms with van der Waals surface area (Å²) in [6.07, 6.45) is 14.2. The number of amides is 1. The molecule has 4 aliphatic rings. The van der Waals surface area contributed by atoms with Gasteiger partial charge in [-0.3, -0.25) is 19.2 Å². The Labute approximate surface area is 376 Å². The van der Waals surface area contributed by atoms with E-state index in [4.69, 9.17) is 14.2 Å². The fourth-order valence-electron chi connectivity index (χ4n) is 10.2. The Morgan fingerprint density at radius 3 is 2.27 bits per heavy atom. The van der Waals surface area contributed by atoms with E-state index >= 15 is 0 Å². The van der Waals surface area contributed by atoms with E-state index in [9.17, 15) is 39.3 Å². The van der Waals surface area contributed by atoms with Crippen LogP contribution in [0.25, 0.3) is 0 Å². The molecule has 1 saturated carbocycles. The van der Waals surface area contributed by atoms with Crippen LogP contribution in [0.3, 0.4) is 0 Å². The molecule has 12 nitrogen and oxygen atoms in total. The van der Waals surface area contributed by atoms with Crippen molar-refractivity contribution in [3.8, 4) is 0 Å². The third kappa shape index (κ3) is 13.9. The third-order valence-electron chi connectivity index (χ3n) is 14.6. The van der Waals surface area contributed by atoms with Crippen molar-refractivity contribution >= 4 is 29.2 Å². The summed E-state index contributed by atoms with van der Waals surface area (Å²) in [5, 5.41) is 33.7. The summed E-state index contributed by atoms with van der Waals surface area (Å²) >= 11 is 0. The van der Waals surface area contributed by atoms with Gasteiger partial charge in [-0.15, -0.1) is 0 Å². The molecule has 63 heavy (non-hydrogen) atoms. The number of rotatable bonds is 4. The number of fused-ring (bicyclic) bond motifs is 3. The molecule has 0 radical (unpaired) electrons. The molecule has 3 heterocycles. The van der Waals surface area contributed by atoms with Gasteiger partial charge >= 0.3 is 5.97 Å². The highest BCUT2D eigenvalue weighted by Crippen LogP contribution is 2.38. The number of ketones is 3. The van der Waals surface area contributed by atoms with Crippen LogP contribution in [0.1, 0.15) is 139 Å². The number of hydrogen-bond donors (Lipinski definition) is 3. The smallest absolute Gasteiger partial charge is 0.329 e. The standard InChI is InChI=1S/C51H79NO11/c1-30-16-12-11-13-17-31(2)44(61-10)28-40-21-19-37(8)51(60,63-40)48(57)49(58)52-23-15-14-18-41(52)50(59)62-45(34(5)27-39-20-22-42(53)33(4)26-39)29-43(54)32(3)25-36(7)47(56)38(9)46(55)35(6)24-30/h11-13,16-17,25,30,32-35,37-42,44-45,47,53,56,60H,14-15,18-24,26-29H2,1-10H3/b13-11+,16-12+,31-17+,36-25+/t30-,32-,33-,34-,35-,37-,38+,39?,40+,41+,42-,44+,45?,47+,51-/m1/s1. The largest absolute Gasteiger partial charge is 0.460 e. The lowest BCUT2D eigenvalue weighted by Crippen LogP contribution is -2.61. The summed E-state index contributed by atoms with van der Waals surface area (Å²) in [5.74, 6) is -7.70. The molecule has 0 aromatic carbocycles. The van der Waals surface area contributed by atoms with Crippen LogP contribution in [-0.4, -0.2) is 105 Å². The van der Waals surface area contributed by atoms with Crippen molar-refractivity contribution in [3.05, 3.63) is 47.6 Å². The molecular formula is C51H79NO11. The first-order valence-electron chi connectivity index (χ1n) is 23.8. The first-order valence-corrected chi connectivity index (χ1v) is 23.8. The van der Waals surface area contributed by atoms with Crippen molar-refractivity contribution in [1.82, 2.24) is 4.90 Å². The van der Waals surface area contributed by atoms with E-state index in [0.29, 0.717) is 56.9 Å². The predicted octanol–water partition coefficient (Wildman–Crippen LogP) is 7.42. The molecule has 1 aliphatic carbocycles. The number of hydrogen-bond acceptors (Lipinski definition) is 11. The van der Waals surface area contributed by atoms with Crippen molar-refractivity contribution in [2.75, 3.05) is 13.7 Å². The van der Waals surface area contributed by atoms with Gasteiger partial charge in [-0.25, -0.2) is 4.79 Å². The molecule has 2 bridgehead atoms. The SMILES string of the molecule is CO[C@H]1C[C@@H]2CC[C@@H](C)[C@@](O)(O2)C(=O)C(=O)N2CCCC[C@H]2C(=O)OC([C@H](C)CC2CC[C@@H](O)[C@H](C)C2)CC(=O)[C@H](C)/C=C(\C)[C@H](O)[C@@H](C)C(=O)[C@H](C)C[C@H](C)/C=C/C=C/C=C/1C. The zero-order valence-electron chi connectivity index (χ0n) is 39.8. The molecule has 3 aliphatic heterocycles. The maximum Gasteiger partial charge on any atom is 0.329 e. The van der Waals surface area contributed by atoms with Gasteiger partial charge in [0.1, 0.15) is 23.7 Å². The second kappa shape index (κ2) is 23.8. The van der Waals surface area contributed by atoms with Crippen LogP contribution in [-0.2, 0) is 38.2 Å². The van der Waals surface area contributed by atoms with Gasteiger partial charge in [-0.1, -0.05) is 84.9 Å². The summed E-state index contributed by atoms with van der Waals surface area (Å²) in [6.45, 7) is 16.8. The van der Waals surface area contributed by atoms with E-state index in [-0.39, 0.29) is 66.6 Å². The zero-order valence-corrected chi connectivity index (χ0v) is 39.8. The molecular weight excluding hydrogens is 803 g/mol. The van der Waals surface area contributed by atoms with Gasteiger partial charge in [0.25, 0.3) is 11.7 Å². The van der Waals surface area contributed by atoms with Crippen LogP contribution in [0.15, 0.2) is 47.6 Å². The molecule has 0 spiro atoms. The lowest BCUT2D eigenvalue weighted by molar-refractivity contribution is -0.265. The van der Waals surface area contributed by atoms with E-state index in [0.717, 1.165) is 18.4 Å². The monoisotopic (exact) mass is 882 g/mol. The number of carbonyl (C=O) groups excluding carboxylic acids is 5. The van der Waals surface area contributed by atoms with Crippen molar-refractivity contribution in [1.29, 1.82) is 0 Å². The summed E-state index contributed by atoms with van der Waals surface area (Å²) in [4.78, 5) is 71.5. The molecule has 3 fully saturated rings. The second-order valence-electron chi connectivity index (χ2n) is 19.9. The lowest BCUT2D eigenvalue weighted by atomic mass is 9.75. The summed E-state index contributed by atoms with van der Waals surface area (Å²) in [6, 6.07) is -1.10. The van der Waals surface area contributed by atoms with E-state index in [1.54, 1.807) is 40.9 Å². The van der Waals surface area contributed by atoms with Crippen molar-refractivity contribution in [3.63, 3.8) is 0 Å². The average molecular weight is 882 g/mol. The maximum absolute atomic E-state index is 14.3. The van der Waals surface area contributed by atoms with Gasteiger partial charge in [0, 0.05) is 50.2 Å². The average Bonchev–Trinajstić information content (AvgIpc) is 3.25. The molecule has 15 atom stereocenters. The van der Waals surface area contributed by atoms with Crippen molar-refractivity contribution in [2.45, 2.75) is 182 Å². The number of allylic oxidation sites excluding steroid dienone is 6. The Kier molecular flexibility index (Phi) is 19.7. The third-order valence-corrected chi connectivity index (χ3v) is 14.6. The van der Waals surface area contributed by atoms with E-state index in [1.807, 2.05) is 65.0 Å². The highest BCUT2D eigenvalue weighted by Gasteiger charge is 2.53. The number of esters is 1. The van der Waals surface area contributed by atoms with Crippen LogP contribution < -0.4 is 0 Å². The highest BCUT2D eigenvalue weighted by atomic mass is 16.6. The molecule has 0 aromatic heterocycles. The number of ether oxygens (including phenoxy) is 3. The molecule has 1 amide bonds. The van der Waals surface area contributed by atoms with Gasteiger partial charge in [0.15, 0.2) is 0 Å². The maximum atomic E-state index is 14.3. The summed E-state index contributed by atoms with van der Waals surface area (Å²) in [7, 11) is 1.59. The summed E-state index contributed by atoms with van der Waals surface area (Å²) in [5.41, 5.74) is 1.40. The Morgan fingerprint density at radius 1 is 0.873 bits per heavy atom. The summed E-state index contributed by atoms with van der Waals surface area (Å²) < 4.78 is 18.3. The first kappa shape index (κ1) is 52.3. The van der Waals surface area contributed by atoms with Crippen LogP contribution >= 0.6 is 0 Å². The zero-order chi connectivity index (χ0) is 46.8. The van der Waals surface area contributed by atoms with Crippen LogP contribution in [0.5, 0.6) is 0 Å². The molecule has 12 heteroatoms. The first-order chi connectivity index (χ1) is 29.7. The van der Waals surface area contributed by atoms with E-state index < -0.39 is 71.7 Å². The van der Waals surface area contributed by atoms with Crippen LogP contribution in [0, 0.1) is 47.3 Å². The molecule has 2 unspecified atom stereocenters. The number of nitrogens with zero attached hydrogens (tertiary/aromatic N) is 1. The molecule has 354 valence electrons. The fraction of sp³-hybridized carbons (Fsp3) is 0.745. The molecule has 3 N–H and O–H groups in total. The number of cyclic esters (lactones) is 1.